The number of nitrogens with zero attached hydrogens (tertiary/aromatic N) is 1. The largest absolute Gasteiger partial charge is 0.481 e. The van der Waals surface area contributed by atoms with Crippen molar-refractivity contribution in [3.05, 3.63) is 59.7 Å². The molecule has 0 bridgehead atoms. The molecule has 4 rings (SSSR count). The molecular weight excluding hydrogens is 444 g/mol. The van der Waals surface area contributed by atoms with Crippen LogP contribution < -0.4 is 5.32 Å². The number of hydrogen-bond acceptors (Lipinski definition) is 4. The van der Waals surface area contributed by atoms with E-state index in [1.165, 1.54) is 0 Å². The Morgan fingerprint density at radius 1 is 1.03 bits per heavy atom. The number of carboxylic acid groups (broad SMARTS) is 1. The van der Waals surface area contributed by atoms with Crippen molar-refractivity contribution in [2.24, 2.45) is 11.8 Å². The van der Waals surface area contributed by atoms with Gasteiger partial charge in [-0.25, -0.2) is 4.79 Å². The molecular formula is C28H34N2O5. The smallest absolute Gasteiger partial charge is 0.407 e. The number of likely N-dealkylation sites (tertiary alicyclic amines) is 1. The summed E-state index contributed by atoms with van der Waals surface area (Å²) in [5, 5.41) is 12.2. The number of hydrogen-bond donors (Lipinski definition) is 2. The van der Waals surface area contributed by atoms with Gasteiger partial charge < -0.3 is 20.1 Å². The predicted molar refractivity (Wildman–Crippen MR) is 133 cm³/mol. The first-order valence-electron chi connectivity index (χ1n) is 12.5. The average Bonchev–Trinajstić information content (AvgIpc) is 3.18. The molecule has 2 aromatic rings. The molecule has 0 spiro atoms. The average molecular weight is 479 g/mol. The van der Waals surface area contributed by atoms with Gasteiger partial charge >= 0.3 is 12.1 Å². The molecule has 1 aliphatic carbocycles. The molecule has 2 aromatic carbocycles. The molecule has 1 unspecified atom stereocenters. The fourth-order valence-electron chi connectivity index (χ4n) is 5.14. The molecule has 35 heavy (non-hydrogen) atoms. The number of aliphatic carboxylic acids is 1. The zero-order valence-corrected chi connectivity index (χ0v) is 20.4. The lowest BCUT2D eigenvalue weighted by molar-refractivity contribution is -0.146. The van der Waals surface area contributed by atoms with Crippen LogP contribution in [0.25, 0.3) is 11.1 Å². The van der Waals surface area contributed by atoms with Crippen LogP contribution in [0, 0.1) is 11.8 Å². The molecule has 2 aliphatic rings. The van der Waals surface area contributed by atoms with Crippen LogP contribution in [0.3, 0.4) is 0 Å². The van der Waals surface area contributed by atoms with E-state index in [-0.39, 0.29) is 25.0 Å². The third-order valence-electron chi connectivity index (χ3n) is 7.05. The number of ether oxygens (including phenoxy) is 1. The summed E-state index contributed by atoms with van der Waals surface area (Å²) < 4.78 is 5.66. The first kappa shape index (κ1) is 24.8. The van der Waals surface area contributed by atoms with Crippen LogP contribution in [0.1, 0.15) is 56.6 Å². The van der Waals surface area contributed by atoms with E-state index in [4.69, 9.17) is 4.74 Å². The van der Waals surface area contributed by atoms with Crippen molar-refractivity contribution in [2.45, 2.75) is 51.5 Å². The number of piperidine rings is 1. The zero-order valence-electron chi connectivity index (χ0n) is 20.4. The molecule has 0 saturated carbocycles. The molecule has 1 fully saturated rings. The number of fused-ring (bicyclic) bond motifs is 3. The molecule has 1 aliphatic heterocycles. The third-order valence-corrected chi connectivity index (χ3v) is 7.05. The Labute approximate surface area is 206 Å². The first-order valence-corrected chi connectivity index (χ1v) is 12.5. The van der Waals surface area contributed by atoms with Crippen molar-refractivity contribution in [1.82, 2.24) is 10.2 Å². The maximum Gasteiger partial charge on any atom is 0.407 e. The second kappa shape index (κ2) is 10.9. The third kappa shape index (κ3) is 5.66. The predicted octanol–water partition coefficient (Wildman–Crippen LogP) is 4.65. The fraction of sp³-hybridized carbons (Fsp3) is 0.464. The van der Waals surface area contributed by atoms with Gasteiger partial charge in [-0.05, 0) is 53.9 Å². The van der Waals surface area contributed by atoms with E-state index < -0.39 is 24.0 Å². The Morgan fingerprint density at radius 3 is 2.26 bits per heavy atom. The van der Waals surface area contributed by atoms with E-state index >= 15 is 0 Å². The van der Waals surface area contributed by atoms with E-state index in [0.717, 1.165) is 28.7 Å². The maximum atomic E-state index is 13.3. The summed E-state index contributed by atoms with van der Waals surface area (Å²) in [6, 6.07) is 15.5. The van der Waals surface area contributed by atoms with Crippen molar-refractivity contribution in [3.8, 4) is 11.1 Å². The standard InChI is InChI=1S/C28H34N2O5/c1-18(2)13-14-25(26(31)30-15-7-8-19(16-30)27(32)33)29-28(34)35-17-24-22-11-5-3-9-20(22)21-10-4-6-12-23(21)24/h3-6,9-12,18-19,24-25H,7-8,13-17H2,1-2H3,(H,29,34)(H,32,33)/t19-,25?/m0/s1. The molecule has 1 heterocycles. The summed E-state index contributed by atoms with van der Waals surface area (Å²) in [5.41, 5.74) is 4.56. The van der Waals surface area contributed by atoms with Gasteiger partial charge in [0.2, 0.25) is 5.91 Å². The summed E-state index contributed by atoms with van der Waals surface area (Å²) in [6.07, 6.45) is 1.83. The number of carbonyl (C=O) groups is 3. The lowest BCUT2D eigenvalue weighted by Crippen LogP contribution is -2.52. The number of rotatable bonds is 8. The van der Waals surface area contributed by atoms with Gasteiger partial charge in [0.15, 0.2) is 0 Å². The molecule has 0 radical (unpaired) electrons. The Hall–Kier alpha value is -3.35. The number of carboxylic acids is 1. The van der Waals surface area contributed by atoms with Gasteiger partial charge in [-0.2, -0.15) is 0 Å². The van der Waals surface area contributed by atoms with E-state index in [1.807, 2.05) is 24.3 Å². The first-order chi connectivity index (χ1) is 16.8. The van der Waals surface area contributed by atoms with Crippen LogP contribution >= 0.6 is 0 Å². The summed E-state index contributed by atoms with van der Waals surface area (Å²) >= 11 is 0. The lowest BCUT2D eigenvalue weighted by atomic mass is 9.96. The highest BCUT2D eigenvalue weighted by Gasteiger charge is 2.33. The molecule has 186 valence electrons. The minimum atomic E-state index is -0.884. The lowest BCUT2D eigenvalue weighted by Gasteiger charge is -2.33. The quantitative estimate of drug-likeness (QED) is 0.576. The fourth-order valence-corrected chi connectivity index (χ4v) is 5.14. The molecule has 2 amide bonds. The van der Waals surface area contributed by atoms with Crippen molar-refractivity contribution in [2.75, 3.05) is 19.7 Å². The summed E-state index contributed by atoms with van der Waals surface area (Å²) in [5.74, 6) is -1.37. The van der Waals surface area contributed by atoms with E-state index in [1.54, 1.807) is 4.90 Å². The second-order valence-corrected chi connectivity index (χ2v) is 9.96. The zero-order chi connectivity index (χ0) is 24.9. The molecule has 2 atom stereocenters. The normalized spacial score (nSPS) is 18.0. The molecule has 1 saturated heterocycles. The Morgan fingerprint density at radius 2 is 1.66 bits per heavy atom. The van der Waals surface area contributed by atoms with Gasteiger partial charge in [-0.3, -0.25) is 9.59 Å². The molecule has 7 heteroatoms. The Balaban J connectivity index is 1.42. The number of amides is 2. The monoisotopic (exact) mass is 478 g/mol. The molecule has 0 aromatic heterocycles. The number of benzene rings is 2. The van der Waals surface area contributed by atoms with Crippen LogP contribution in [0.2, 0.25) is 0 Å². The van der Waals surface area contributed by atoms with Gasteiger partial charge in [-0.15, -0.1) is 0 Å². The minimum absolute atomic E-state index is 0.0589. The van der Waals surface area contributed by atoms with Gasteiger partial charge in [0.1, 0.15) is 12.6 Å². The van der Waals surface area contributed by atoms with Gasteiger partial charge in [0.05, 0.1) is 5.92 Å². The van der Waals surface area contributed by atoms with E-state index in [2.05, 4.69) is 43.4 Å². The number of alkyl carbamates (subject to hydrolysis) is 1. The number of nitrogens with one attached hydrogen (secondary N) is 1. The Bertz CT molecular complexity index is 1040. The summed E-state index contributed by atoms with van der Waals surface area (Å²) in [7, 11) is 0. The highest BCUT2D eigenvalue weighted by atomic mass is 16.5. The van der Waals surface area contributed by atoms with Crippen molar-refractivity contribution in [1.29, 1.82) is 0 Å². The van der Waals surface area contributed by atoms with E-state index in [0.29, 0.717) is 31.7 Å². The molecule has 7 nitrogen and oxygen atoms in total. The van der Waals surface area contributed by atoms with Gasteiger partial charge in [-0.1, -0.05) is 62.4 Å². The van der Waals surface area contributed by atoms with Crippen LogP contribution in [-0.2, 0) is 14.3 Å². The number of carbonyl (C=O) groups excluding carboxylic acids is 2. The minimum Gasteiger partial charge on any atom is -0.481 e. The maximum absolute atomic E-state index is 13.3. The highest BCUT2D eigenvalue weighted by molar-refractivity contribution is 5.86. The highest BCUT2D eigenvalue weighted by Crippen LogP contribution is 2.44. The van der Waals surface area contributed by atoms with E-state index in [9.17, 15) is 19.5 Å². The van der Waals surface area contributed by atoms with Gasteiger partial charge in [0.25, 0.3) is 0 Å². The van der Waals surface area contributed by atoms with Crippen molar-refractivity contribution >= 4 is 18.0 Å². The Kier molecular flexibility index (Phi) is 7.73. The van der Waals surface area contributed by atoms with Crippen molar-refractivity contribution in [3.63, 3.8) is 0 Å². The van der Waals surface area contributed by atoms with Crippen LogP contribution in [0.4, 0.5) is 4.79 Å². The molecule has 2 N–H and O–H groups in total. The second-order valence-electron chi connectivity index (χ2n) is 9.96. The van der Waals surface area contributed by atoms with Gasteiger partial charge in [0, 0.05) is 19.0 Å². The topological polar surface area (TPSA) is 95.9 Å². The van der Waals surface area contributed by atoms with Crippen LogP contribution in [0.15, 0.2) is 48.5 Å². The van der Waals surface area contributed by atoms with Crippen LogP contribution in [-0.4, -0.2) is 53.7 Å². The van der Waals surface area contributed by atoms with Crippen LogP contribution in [0.5, 0.6) is 0 Å². The van der Waals surface area contributed by atoms with Crippen molar-refractivity contribution < 1.29 is 24.2 Å². The SMILES string of the molecule is CC(C)CCC(NC(=O)OCC1c2ccccc2-c2ccccc21)C(=O)N1CCC[C@H](C(=O)O)C1. The summed E-state index contributed by atoms with van der Waals surface area (Å²) in [4.78, 5) is 39.1. The summed E-state index contributed by atoms with van der Waals surface area (Å²) in [6.45, 7) is 4.99.